The van der Waals surface area contributed by atoms with Crippen LogP contribution in [0.2, 0.25) is 0 Å². The fraction of sp³-hybridized carbons (Fsp3) is 0.440. The number of hydrogen-bond acceptors (Lipinski definition) is 6. The molecule has 10 heteroatoms. The monoisotopic (exact) mass is 487 g/mol. The highest BCUT2D eigenvalue weighted by Gasteiger charge is 2.34. The lowest BCUT2D eigenvalue weighted by molar-refractivity contribution is -0.137. The van der Waals surface area contributed by atoms with Gasteiger partial charge in [0.05, 0.1) is 31.0 Å². The van der Waals surface area contributed by atoms with Gasteiger partial charge in [0.2, 0.25) is 0 Å². The standard InChI is InChI=1S/C25H28F3N5O2/c1-17-9-10-31(21-8-7-19(15-29-21)25(26,27)28)11-12-32(17)24(34)23-22(18-5-3-2-4-6-18)20-16-35-14-13-33(20)30-23/h2-8,15,17,24,34H,9-14,16H2,1H3/t17-,24?/m1/s1. The summed E-state index contributed by atoms with van der Waals surface area (Å²) in [6.45, 7) is 5.36. The molecule has 1 N–H and O–H groups in total. The van der Waals surface area contributed by atoms with Crippen molar-refractivity contribution in [3.63, 3.8) is 0 Å². The zero-order valence-electron chi connectivity index (χ0n) is 19.4. The van der Waals surface area contributed by atoms with E-state index in [2.05, 4.69) is 4.98 Å². The summed E-state index contributed by atoms with van der Waals surface area (Å²) >= 11 is 0. The van der Waals surface area contributed by atoms with Gasteiger partial charge in [-0.3, -0.25) is 9.58 Å². The topological polar surface area (TPSA) is 66.7 Å². The Morgan fingerprint density at radius 1 is 1.06 bits per heavy atom. The molecule has 2 aliphatic heterocycles. The maximum Gasteiger partial charge on any atom is 0.417 e. The van der Waals surface area contributed by atoms with Gasteiger partial charge in [0, 0.05) is 37.4 Å². The number of aliphatic hydroxyl groups is 1. The van der Waals surface area contributed by atoms with Crippen LogP contribution in [0.3, 0.4) is 0 Å². The van der Waals surface area contributed by atoms with E-state index in [9.17, 15) is 18.3 Å². The average Bonchev–Trinajstić information content (AvgIpc) is 3.14. The van der Waals surface area contributed by atoms with Gasteiger partial charge in [-0.15, -0.1) is 0 Å². The summed E-state index contributed by atoms with van der Waals surface area (Å²) in [4.78, 5) is 8.03. The largest absolute Gasteiger partial charge is 0.417 e. The number of aliphatic hydroxyl groups excluding tert-OH is 1. The Balaban J connectivity index is 1.40. The molecule has 0 aliphatic carbocycles. The number of fused-ring (bicyclic) bond motifs is 1. The molecule has 0 spiro atoms. The average molecular weight is 488 g/mol. The Kier molecular flexibility index (Phi) is 6.52. The van der Waals surface area contributed by atoms with Gasteiger partial charge in [0.1, 0.15) is 11.5 Å². The van der Waals surface area contributed by atoms with E-state index in [1.807, 2.05) is 51.7 Å². The predicted octanol–water partition coefficient (Wildman–Crippen LogP) is 4.09. The first-order valence-electron chi connectivity index (χ1n) is 11.8. The van der Waals surface area contributed by atoms with Gasteiger partial charge in [-0.2, -0.15) is 18.3 Å². The molecule has 186 valence electrons. The van der Waals surface area contributed by atoms with Crippen molar-refractivity contribution < 1.29 is 23.0 Å². The van der Waals surface area contributed by atoms with Gasteiger partial charge in [-0.05, 0) is 31.0 Å². The van der Waals surface area contributed by atoms with Gasteiger partial charge in [0.25, 0.3) is 0 Å². The van der Waals surface area contributed by atoms with E-state index < -0.39 is 18.0 Å². The van der Waals surface area contributed by atoms with Crippen molar-refractivity contribution in [2.24, 2.45) is 0 Å². The van der Waals surface area contributed by atoms with Crippen molar-refractivity contribution >= 4 is 5.82 Å². The molecule has 7 nitrogen and oxygen atoms in total. The number of ether oxygens (including phenoxy) is 1. The fourth-order valence-corrected chi connectivity index (χ4v) is 4.84. The van der Waals surface area contributed by atoms with Crippen molar-refractivity contribution in [3.8, 4) is 11.1 Å². The second kappa shape index (κ2) is 9.60. The lowest BCUT2D eigenvalue weighted by atomic mass is 10.0. The third kappa shape index (κ3) is 4.78. The highest BCUT2D eigenvalue weighted by atomic mass is 19.4. The minimum atomic E-state index is -4.41. The van der Waals surface area contributed by atoms with Crippen LogP contribution in [0.5, 0.6) is 0 Å². The smallest absolute Gasteiger partial charge is 0.373 e. The van der Waals surface area contributed by atoms with Gasteiger partial charge in [0.15, 0.2) is 6.23 Å². The number of aromatic nitrogens is 3. The first-order chi connectivity index (χ1) is 16.8. The lowest BCUT2D eigenvalue weighted by Crippen LogP contribution is -2.38. The summed E-state index contributed by atoms with van der Waals surface area (Å²) < 4.78 is 46.4. The summed E-state index contributed by atoms with van der Waals surface area (Å²) in [5.41, 5.74) is 2.67. The van der Waals surface area contributed by atoms with Crippen molar-refractivity contribution in [2.75, 3.05) is 31.1 Å². The summed E-state index contributed by atoms with van der Waals surface area (Å²) in [7, 11) is 0. The molecule has 5 rings (SSSR count). The highest BCUT2D eigenvalue weighted by molar-refractivity contribution is 5.69. The quantitative estimate of drug-likeness (QED) is 0.598. The first kappa shape index (κ1) is 23.8. The number of rotatable bonds is 4. The van der Waals surface area contributed by atoms with Crippen molar-refractivity contribution in [1.29, 1.82) is 0 Å². The first-order valence-corrected chi connectivity index (χ1v) is 11.8. The van der Waals surface area contributed by atoms with E-state index in [4.69, 9.17) is 9.84 Å². The maximum absolute atomic E-state index is 12.9. The number of benzene rings is 1. The highest BCUT2D eigenvalue weighted by Crippen LogP contribution is 2.36. The van der Waals surface area contributed by atoms with Gasteiger partial charge >= 0.3 is 6.18 Å². The SMILES string of the molecule is C[C@@H]1CCN(c2ccc(C(F)(F)F)cn2)CCN1C(O)c1nn2c(c1-c1ccccc1)COCC2. The van der Waals surface area contributed by atoms with E-state index in [0.717, 1.165) is 35.5 Å². The molecular formula is C25H28F3N5O2. The zero-order valence-corrected chi connectivity index (χ0v) is 19.4. The van der Waals surface area contributed by atoms with Crippen molar-refractivity contribution in [3.05, 3.63) is 65.6 Å². The number of hydrogen-bond donors (Lipinski definition) is 1. The Morgan fingerprint density at radius 2 is 1.86 bits per heavy atom. The van der Waals surface area contributed by atoms with Crippen LogP contribution in [0.25, 0.3) is 11.1 Å². The molecule has 0 radical (unpaired) electrons. The third-order valence-electron chi connectivity index (χ3n) is 6.80. The molecule has 35 heavy (non-hydrogen) atoms. The van der Waals surface area contributed by atoms with E-state index >= 15 is 0 Å². The Bertz CT molecular complexity index is 1150. The van der Waals surface area contributed by atoms with Crippen molar-refractivity contribution in [2.45, 2.75) is 44.9 Å². The molecule has 0 amide bonds. The Hall–Kier alpha value is -2.95. The minimum absolute atomic E-state index is 0.0306. The van der Waals surface area contributed by atoms with Crippen LogP contribution in [-0.2, 0) is 24.1 Å². The van der Waals surface area contributed by atoms with Crippen LogP contribution in [-0.4, -0.2) is 57.1 Å². The Morgan fingerprint density at radius 3 is 2.57 bits per heavy atom. The van der Waals surface area contributed by atoms with E-state index in [-0.39, 0.29) is 6.04 Å². The maximum atomic E-state index is 12.9. The second-order valence-electron chi connectivity index (χ2n) is 8.99. The molecule has 1 unspecified atom stereocenters. The molecule has 3 aromatic rings. The number of nitrogens with zero attached hydrogens (tertiary/aromatic N) is 5. The molecule has 4 heterocycles. The van der Waals surface area contributed by atoms with Crippen LogP contribution in [0.4, 0.5) is 19.0 Å². The summed E-state index contributed by atoms with van der Waals surface area (Å²) in [6.07, 6.45) is -3.75. The molecule has 0 bridgehead atoms. The molecule has 1 fully saturated rings. The van der Waals surface area contributed by atoms with Gasteiger partial charge in [-0.1, -0.05) is 30.3 Å². The number of anilines is 1. The van der Waals surface area contributed by atoms with Crippen molar-refractivity contribution in [1.82, 2.24) is 19.7 Å². The number of pyridine rings is 1. The van der Waals surface area contributed by atoms with E-state index in [1.165, 1.54) is 6.07 Å². The molecule has 0 saturated carbocycles. The summed E-state index contributed by atoms with van der Waals surface area (Å²) in [5, 5.41) is 16.4. The lowest BCUT2D eigenvalue weighted by Gasteiger charge is -2.31. The minimum Gasteiger partial charge on any atom is -0.373 e. The zero-order chi connectivity index (χ0) is 24.6. The molecule has 2 atom stereocenters. The normalized spacial score (nSPS) is 20.4. The summed E-state index contributed by atoms with van der Waals surface area (Å²) in [5.74, 6) is 0.501. The van der Waals surface area contributed by atoms with Crippen LogP contribution in [0.1, 0.15) is 36.5 Å². The second-order valence-corrected chi connectivity index (χ2v) is 8.99. The van der Waals surface area contributed by atoms with Gasteiger partial charge < -0.3 is 14.7 Å². The van der Waals surface area contributed by atoms with Gasteiger partial charge in [-0.25, -0.2) is 4.98 Å². The molecule has 1 aromatic carbocycles. The van der Waals surface area contributed by atoms with Crippen LogP contribution < -0.4 is 4.90 Å². The Labute approximate surface area is 201 Å². The third-order valence-corrected chi connectivity index (χ3v) is 6.80. The number of halogens is 3. The molecular weight excluding hydrogens is 459 g/mol. The van der Waals surface area contributed by atoms with Crippen LogP contribution in [0.15, 0.2) is 48.7 Å². The van der Waals surface area contributed by atoms with Crippen LogP contribution in [0, 0.1) is 0 Å². The van der Waals surface area contributed by atoms with E-state index in [0.29, 0.717) is 50.9 Å². The molecule has 1 saturated heterocycles. The van der Waals surface area contributed by atoms with E-state index in [1.54, 1.807) is 0 Å². The summed E-state index contributed by atoms with van der Waals surface area (Å²) in [6, 6.07) is 12.4. The predicted molar refractivity (Wildman–Crippen MR) is 125 cm³/mol. The molecule has 2 aliphatic rings. The number of alkyl halides is 3. The van der Waals surface area contributed by atoms with Crippen LogP contribution >= 0.6 is 0 Å². The fourth-order valence-electron chi connectivity index (χ4n) is 4.84. The molecule has 2 aromatic heterocycles.